The molecule has 0 saturated heterocycles. The third-order valence-corrected chi connectivity index (χ3v) is 3.93. The Kier molecular flexibility index (Phi) is 4.61. The summed E-state index contributed by atoms with van der Waals surface area (Å²) >= 11 is 5.93. The Bertz CT molecular complexity index is 425. The van der Waals surface area contributed by atoms with Crippen molar-refractivity contribution in [1.82, 2.24) is 0 Å². The zero-order chi connectivity index (χ0) is 13.9. The molecule has 5 heteroatoms. The first-order valence-electron chi connectivity index (χ1n) is 6.57. The lowest BCUT2D eigenvalue weighted by Gasteiger charge is -2.22. The number of hydrogen-bond donors (Lipinski definition) is 1. The highest BCUT2D eigenvalue weighted by molar-refractivity contribution is 6.33. The zero-order valence-electron chi connectivity index (χ0n) is 10.6. The SMILES string of the molecule is FC(F)(F)c1ccc(Cl)c(NCC2CCCCC2)c1. The molecule has 1 aromatic rings. The highest BCUT2D eigenvalue weighted by Gasteiger charge is 2.31. The standard InChI is InChI=1S/C14H17ClF3N/c15-12-7-6-11(14(16,17)18)8-13(12)19-9-10-4-2-1-3-5-10/h6-8,10,19H,1-5,9H2. The first-order valence-corrected chi connectivity index (χ1v) is 6.95. The van der Waals surface area contributed by atoms with Crippen molar-refractivity contribution < 1.29 is 13.2 Å². The van der Waals surface area contributed by atoms with Crippen LogP contribution in [0.15, 0.2) is 18.2 Å². The van der Waals surface area contributed by atoms with E-state index >= 15 is 0 Å². The van der Waals surface area contributed by atoms with Crippen molar-refractivity contribution in [3.8, 4) is 0 Å². The number of benzene rings is 1. The van der Waals surface area contributed by atoms with Gasteiger partial charge in [0.1, 0.15) is 0 Å². The van der Waals surface area contributed by atoms with Crippen molar-refractivity contribution in [2.24, 2.45) is 5.92 Å². The number of nitrogens with one attached hydrogen (secondary N) is 1. The largest absolute Gasteiger partial charge is 0.416 e. The van der Waals surface area contributed by atoms with Crippen LogP contribution in [0, 0.1) is 5.92 Å². The summed E-state index contributed by atoms with van der Waals surface area (Å²) in [4.78, 5) is 0. The molecule has 0 aliphatic heterocycles. The van der Waals surface area contributed by atoms with E-state index in [0.29, 0.717) is 23.2 Å². The number of halogens is 4. The molecule has 0 aromatic heterocycles. The minimum Gasteiger partial charge on any atom is -0.384 e. The van der Waals surface area contributed by atoms with Gasteiger partial charge in [0.25, 0.3) is 0 Å². The van der Waals surface area contributed by atoms with Gasteiger partial charge in [-0.2, -0.15) is 13.2 Å². The molecule has 1 saturated carbocycles. The lowest BCUT2D eigenvalue weighted by molar-refractivity contribution is -0.137. The molecule has 19 heavy (non-hydrogen) atoms. The Morgan fingerprint density at radius 2 is 1.84 bits per heavy atom. The molecule has 1 aromatic carbocycles. The predicted molar refractivity (Wildman–Crippen MR) is 71.5 cm³/mol. The van der Waals surface area contributed by atoms with Gasteiger partial charge in [-0.1, -0.05) is 30.9 Å². The molecule has 0 heterocycles. The molecule has 0 unspecified atom stereocenters. The molecule has 1 aliphatic carbocycles. The minimum absolute atomic E-state index is 0.337. The first-order chi connectivity index (χ1) is 8.97. The lowest BCUT2D eigenvalue weighted by atomic mass is 9.89. The van der Waals surface area contributed by atoms with Crippen LogP contribution in [0.4, 0.5) is 18.9 Å². The van der Waals surface area contributed by atoms with Crippen LogP contribution in [0.1, 0.15) is 37.7 Å². The van der Waals surface area contributed by atoms with Crippen LogP contribution < -0.4 is 5.32 Å². The molecule has 1 N–H and O–H groups in total. The summed E-state index contributed by atoms with van der Waals surface area (Å²) < 4.78 is 37.9. The molecule has 0 atom stereocenters. The van der Waals surface area contributed by atoms with Gasteiger partial charge in [0.05, 0.1) is 16.3 Å². The van der Waals surface area contributed by atoms with E-state index in [4.69, 9.17) is 11.6 Å². The molecule has 0 bridgehead atoms. The van der Waals surface area contributed by atoms with Crippen molar-refractivity contribution in [1.29, 1.82) is 0 Å². The average molecular weight is 292 g/mol. The van der Waals surface area contributed by atoms with E-state index < -0.39 is 11.7 Å². The van der Waals surface area contributed by atoms with Gasteiger partial charge in [-0.25, -0.2) is 0 Å². The maximum Gasteiger partial charge on any atom is 0.416 e. The molecular formula is C14H17ClF3N. The van der Waals surface area contributed by atoms with Gasteiger partial charge in [-0.15, -0.1) is 0 Å². The lowest BCUT2D eigenvalue weighted by Crippen LogP contribution is -2.17. The molecule has 1 nitrogen and oxygen atoms in total. The van der Waals surface area contributed by atoms with E-state index in [9.17, 15) is 13.2 Å². The van der Waals surface area contributed by atoms with E-state index in [-0.39, 0.29) is 0 Å². The maximum absolute atomic E-state index is 12.6. The van der Waals surface area contributed by atoms with Crippen LogP contribution in [0.25, 0.3) is 0 Å². The number of hydrogen-bond acceptors (Lipinski definition) is 1. The molecule has 0 amide bonds. The zero-order valence-corrected chi connectivity index (χ0v) is 11.3. The highest BCUT2D eigenvalue weighted by Crippen LogP contribution is 2.34. The third kappa shape index (κ3) is 4.03. The maximum atomic E-state index is 12.6. The van der Waals surface area contributed by atoms with Crippen molar-refractivity contribution in [2.45, 2.75) is 38.3 Å². The Labute approximate surface area is 116 Å². The van der Waals surface area contributed by atoms with E-state index in [0.717, 1.165) is 25.0 Å². The summed E-state index contributed by atoms with van der Waals surface area (Å²) in [6.45, 7) is 0.695. The minimum atomic E-state index is -4.33. The third-order valence-electron chi connectivity index (χ3n) is 3.60. The van der Waals surface area contributed by atoms with Crippen LogP contribution in [0.3, 0.4) is 0 Å². The van der Waals surface area contributed by atoms with E-state index in [1.165, 1.54) is 25.3 Å². The van der Waals surface area contributed by atoms with E-state index in [1.807, 2.05) is 0 Å². The summed E-state index contributed by atoms with van der Waals surface area (Å²) in [5.41, 5.74) is -0.287. The summed E-state index contributed by atoms with van der Waals surface area (Å²) in [6.07, 6.45) is 1.64. The van der Waals surface area contributed by atoms with Gasteiger partial charge in [-0.3, -0.25) is 0 Å². The van der Waals surface area contributed by atoms with Gasteiger partial charge >= 0.3 is 6.18 Å². The van der Waals surface area contributed by atoms with Crippen molar-refractivity contribution >= 4 is 17.3 Å². The Hall–Kier alpha value is -0.900. The predicted octanol–water partition coefficient (Wildman–Crippen LogP) is 5.35. The summed E-state index contributed by atoms with van der Waals surface area (Å²) in [7, 11) is 0. The second-order valence-corrected chi connectivity index (χ2v) is 5.48. The van der Waals surface area contributed by atoms with E-state index in [1.54, 1.807) is 0 Å². The smallest absolute Gasteiger partial charge is 0.384 e. The van der Waals surface area contributed by atoms with Crippen molar-refractivity contribution in [3.63, 3.8) is 0 Å². The average Bonchev–Trinajstić information content (AvgIpc) is 2.37. The van der Waals surface area contributed by atoms with Crippen LogP contribution in [-0.2, 0) is 6.18 Å². The molecule has 106 valence electrons. The molecule has 2 rings (SSSR count). The Morgan fingerprint density at radius 3 is 2.47 bits per heavy atom. The van der Waals surface area contributed by atoms with Crippen molar-refractivity contribution in [3.05, 3.63) is 28.8 Å². The number of anilines is 1. The first kappa shape index (κ1) is 14.5. The van der Waals surface area contributed by atoms with Crippen LogP contribution in [0.5, 0.6) is 0 Å². The summed E-state index contributed by atoms with van der Waals surface area (Å²) in [5.74, 6) is 0.541. The molecule has 0 spiro atoms. The van der Waals surface area contributed by atoms with Gasteiger partial charge in [0.2, 0.25) is 0 Å². The van der Waals surface area contributed by atoms with Crippen molar-refractivity contribution in [2.75, 3.05) is 11.9 Å². The van der Waals surface area contributed by atoms with Gasteiger partial charge in [0, 0.05) is 6.54 Å². The number of alkyl halides is 3. The normalized spacial score (nSPS) is 17.5. The Balaban J connectivity index is 2.02. The fourth-order valence-corrected chi connectivity index (χ4v) is 2.67. The summed E-state index contributed by atoms with van der Waals surface area (Å²) in [5, 5.41) is 3.40. The molecule has 1 aliphatic rings. The fraction of sp³-hybridized carbons (Fsp3) is 0.571. The van der Waals surface area contributed by atoms with Crippen LogP contribution in [-0.4, -0.2) is 6.54 Å². The van der Waals surface area contributed by atoms with E-state index in [2.05, 4.69) is 5.32 Å². The monoisotopic (exact) mass is 291 g/mol. The highest BCUT2D eigenvalue weighted by atomic mass is 35.5. The van der Waals surface area contributed by atoms with Crippen LogP contribution in [0.2, 0.25) is 5.02 Å². The van der Waals surface area contributed by atoms with Gasteiger partial charge in [0.15, 0.2) is 0 Å². The fourth-order valence-electron chi connectivity index (χ4n) is 2.48. The second-order valence-electron chi connectivity index (χ2n) is 5.08. The molecular weight excluding hydrogens is 275 g/mol. The quantitative estimate of drug-likeness (QED) is 0.791. The van der Waals surface area contributed by atoms with Gasteiger partial charge < -0.3 is 5.32 Å². The second kappa shape index (κ2) is 6.04. The van der Waals surface area contributed by atoms with Crippen LogP contribution >= 0.6 is 11.6 Å². The Morgan fingerprint density at radius 1 is 1.16 bits per heavy atom. The molecule has 0 radical (unpaired) electrons. The molecule has 1 fully saturated rings. The number of rotatable bonds is 3. The summed E-state index contributed by atoms with van der Waals surface area (Å²) in [6, 6.07) is 3.40. The van der Waals surface area contributed by atoms with Gasteiger partial charge in [-0.05, 0) is 37.0 Å². The topological polar surface area (TPSA) is 12.0 Å².